The molecule has 5 aliphatic rings. The lowest BCUT2D eigenvalue weighted by Crippen LogP contribution is -2.48. The van der Waals surface area contributed by atoms with E-state index in [2.05, 4.69) is 32.9 Å². The second-order valence-corrected chi connectivity index (χ2v) is 10.9. The first-order valence-corrected chi connectivity index (χ1v) is 10.9. The summed E-state index contributed by atoms with van der Waals surface area (Å²) in [4.78, 5) is 13.5. The van der Waals surface area contributed by atoms with Crippen molar-refractivity contribution in [3.63, 3.8) is 0 Å². The number of aliphatic hydroxyl groups excluding tert-OH is 1. The average molecular weight is 355 g/mol. The highest BCUT2D eigenvalue weighted by Gasteiger charge is 2.69. The highest BCUT2D eigenvalue weighted by Crippen LogP contribution is 2.73. The maximum absolute atomic E-state index is 13.5. The third kappa shape index (κ3) is 1.95. The molecule has 26 heavy (non-hydrogen) atoms. The number of carbonyl (C=O) groups is 1. The van der Waals surface area contributed by atoms with E-state index < -0.39 is 0 Å². The summed E-state index contributed by atoms with van der Waals surface area (Å²) >= 11 is 0. The number of Topliss-reactive ketones (excluding diaryl/α,β-unsaturated/α-hetero) is 1. The molecule has 0 spiro atoms. The van der Waals surface area contributed by atoms with Gasteiger partial charge in [-0.2, -0.15) is 0 Å². The Morgan fingerprint density at radius 1 is 1.23 bits per heavy atom. The van der Waals surface area contributed by atoms with Crippen LogP contribution in [0.25, 0.3) is 0 Å². The molecule has 0 bridgehead atoms. The molecule has 0 saturated heterocycles. The van der Waals surface area contributed by atoms with Crippen molar-refractivity contribution < 1.29 is 9.90 Å². The predicted molar refractivity (Wildman–Crippen MR) is 103 cm³/mol. The number of hydrogen-bond acceptors (Lipinski definition) is 2. The lowest BCUT2D eigenvalue weighted by Gasteiger charge is -2.50. The minimum atomic E-state index is -0.240. The monoisotopic (exact) mass is 354 g/mol. The van der Waals surface area contributed by atoms with Crippen LogP contribution in [0.1, 0.15) is 59.8 Å². The molecule has 6 unspecified atom stereocenters. The van der Waals surface area contributed by atoms with Crippen molar-refractivity contribution in [1.29, 1.82) is 0 Å². The molecule has 0 amide bonds. The fourth-order valence-electron chi connectivity index (χ4n) is 7.99. The molecule has 0 heterocycles. The minimum absolute atomic E-state index is 0.128. The fraction of sp³-hybridized carbons (Fsp3) is 0.792. The van der Waals surface area contributed by atoms with E-state index in [0.717, 1.165) is 29.4 Å². The summed E-state index contributed by atoms with van der Waals surface area (Å²) in [5.74, 6) is 4.68. The highest BCUT2D eigenvalue weighted by molar-refractivity contribution is 6.03. The van der Waals surface area contributed by atoms with Gasteiger partial charge in [-0.3, -0.25) is 4.79 Å². The van der Waals surface area contributed by atoms with E-state index in [-0.39, 0.29) is 12.0 Å². The quantitative estimate of drug-likeness (QED) is 0.724. The molecule has 2 nitrogen and oxygen atoms in total. The van der Waals surface area contributed by atoms with Gasteiger partial charge in [0.15, 0.2) is 5.78 Å². The zero-order chi connectivity index (χ0) is 18.4. The third-order valence-electron chi connectivity index (χ3n) is 9.49. The van der Waals surface area contributed by atoms with E-state index in [4.69, 9.17) is 0 Å². The molecule has 0 aromatic rings. The second-order valence-electron chi connectivity index (χ2n) is 10.9. The van der Waals surface area contributed by atoms with Crippen LogP contribution in [0.4, 0.5) is 0 Å². The van der Waals surface area contributed by atoms with E-state index in [0.29, 0.717) is 40.8 Å². The van der Waals surface area contributed by atoms with Crippen LogP contribution in [-0.4, -0.2) is 17.5 Å². The van der Waals surface area contributed by atoms with Gasteiger partial charge in [0.1, 0.15) is 0 Å². The molecule has 7 atom stereocenters. The maximum atomic E-state index is 13.5. The Hall–Kier alpha value is -0.890. The van der Waals surface area contributed by atoms with Gasteiger partial charge in [-0.25, -0.2) is 0 Å². The molecule has 0 aromatic carbocycles. The van der Waals surface area contributed by atoms with Crippen LogP contribution < -0.4 is 0 Å². The Kier molecular flexibility index (Phi) is 3.54. The summed E-state index contributed by atoms with van der Waals surface area (Å²) in [7, 11) is 0. The molecule has 5 aliphatic carbocycles. The van der Waals surface area contributed by atoms with Crippen molar-refractivity contribution in [1.82, 2.24) is 0 Å². The van der Waals surface area contributed by atoms with Gasteiger partial charge in [-0.15, -0.1) is 0 Å². The number of carbonyl (C=O) groups excluding carboxylic acids is 1. The minimum Gasteiger partial charge on any atom is -0.392 e. The van der Waals surface area contributed by atoms with E-state index in [1.165, 1.54) is 25.7 Å². The van der Waals surface area contributed by atoms with Gasteiger partial charge in [-0.05, 0) is 90.6 Å². The number of aliphatic hydroxyl groups is 1. The van der Waals surface area contributed by atoms with Gasteiger partial charge in [0.25, 0.3) is 0 Å². The largest absolute Gasteiger partial charge is 0.392 e. The molecule has 142 valence electrons. The maximum Gasteiger partial charge on any atom is 0.165 e. The molecule has 0 aliphatic heterocycles. The number of ketones is 1. The summed E-state index contributed by atoms with van der Waals surface area (Å²) in [6.07, 6.45) is 10.6. The Morgan fingerprint density at radius 2 is 1.96 bits per heavy atom. The molecular weight excluding hydrogens is 320 g/mol. The molecule has 0 radical (unpaired) electrons. The highest BCUT2D eigenvalue weighted by atomic mass is 16.3. The zero-order valence-corrected chi connectivity index (χ0v) is 16.8. The first kappa shape index (κ1) is 17.2. The average Bonchev–Trinajstić information content (AvgIpc) is 3.05. The predicted octanol–water partition coefficient (Wildman–Crippen LogP) is 4.78. The molecule has 3 saturated carbocycles. The second kappa shape index (κ2) is 5.34. The lowest BCUT2D eigenvalue weighted by atomic mass is 9.52. The van der Waals surface area contributed by atoms with Gasteiger partial charge >= 0.3 is 0 Å². The van der Waals surface area contributed by atoms with Crippen molar-refractivity contribution >= 4 is 5.78 Å². The van der Waals surface area contributed by atoms with Crippen molar-refractivity contribution in [2.45, 2.75) is 59.8 Å². The summed E-state index contributed by atoms with van der Waals surface area (Å²) < 4.78 is 0. The lowest BCUT2D eigenvalue weighted by molar-refractivity contribution is -0.134. The number of hydrogen-bond donors (Lipinski definition) is 1. The van der Waals surface area contributed by atoms with E-state index in [1.54, 1.807) is 0 Å². The summed E-state index contributed by atoms with van der Waals surface area (Å²) in [5.41, 5.74) is 2.34. The van der Waals surface area contributed by atoms with Gasteiger partial charge in [0.2, 0.25) is 0 Å². The van der Waals surface area contributed by atoms with Crippen LogP contribution in [0.3, 0.4) is 0 Å². The molecule has 5 rings (SSSR count). The smallest absolute Gasteiger partial charge is 0.165 e. The van der Waals surface area contributed by atoms with Crippen LogP contribution in [0.5, 0.6) is 0 Å². The summed E-state index contributed by atoms with van der Waals surface area (Å²) in [6, 6.07) is 0. The van der Waals surface area contributed by atoms with Gasteiger partial charge in [0.05, 0.1) is 6.61 Å². The fourth-order valence-corrected chi connectivity index (χ4v) is 7.99. The van der Waals surface area contributed by atoms with E-state index in [9.17, 15) is 9.90 Å². The van der Waals surface area contributed by atoms with Gasteiger partial charge < -0.3 is 5.11 Å². The topological polar surface area (TPSA) is 37.3 Å². The summed E-state index contributed by atoms with van der Waals surface area (Å²) in [6.45, 7) is 9.50. The van der Waals surface area contributed by atoms with Gasteiger partial charge in [0, 0.05) is 5.41 Å². The molecule has 1 N–H and O–H groups in total. The van der Waals surface area contributed by atoms with Crippen LogP contribution in [0, 0.1) is 52.3 Å². The van der Waals surface area contributed by atoms with Crippen molar-refractivity contribution in [3.8, 4) is 0 Å². The third-order valence-corrected chi connectivity index (χ3v) is 9.49. The molecule has 0 aromatic heterocycles. The zero-order valence-electron chi connectivity index (χ0n) is 16.8. The first-order chi connectivity index (χ1) is 12.3. The van der Waals surface area contributed by atoms with E-state index in [1.807, 2.05) is 6.92 Å². The Bertz CT molecular complexity index is 710. The van der Waals surface area contributed by atoms with Gasteiger partial charge in [-0.1, -0.05) is 39.3 Å². The first-order valence-electron chi connectivity index (χ1n) is 10.9. The standard InChI is InChI=1S/C24H34O2/c1-13-8-19-21(23(19,3)4)17-10-15(12-25)11-24(16-6-5-7-16)18(20(13)17)9-14(2)22(24)26/h9-10,13,16-21,25H,5-8,11-12H2,1-4H3/t13?,17-,18?,19?,20?,21?,24?/m1/s1. The normalized spacial score (nSPS) is 49.2. The van der Waals surface area contributed by atoms with Crippen LogP contribution in [0.2, 0.25) is 0 Å². The number of rotatable bonds is 2. The van der Waals surface area contributed by atoms with Crippen molar-refractivity contribution in [2.75, 3.05) is 6.61 Å². The summed E-state index contributed by atoms with van der Waals surface area (Å²) in [5, 5.41) is 10.2. The molecule has 3 fully saturated rings. The Balaban J connectivity index is 1.65. The van der Waals surface area contributed by atoms with Crippen LogP contribution in [-0.2, 0) is 4.79 Å². The molecular formula is C24H34O2. The number of allylic oxidation sites excluding steroid dienone is 3. The molecule has 2 heteroatoms. The Labute approximate surface area is 158 Å². The Morgan fingerprint density at radius 3 is 2.58 bits per heavy atom. The number of fused-ring (bicyclic) bond motifs is 5. The van der Waals surface area contributed by atoms with Crippen molar-refractivity contribution in [2.24, 2.45) is 52.3 Å². The SMILES string of the molecule is CC1=CC2C3C(C)CC4C([C@@H]3C=C(CO)CC2(C2CCC2)C1=O)C4(C)C. The van der Waals surface area contributed by atoms with Crippen LogP contribution >= 0.6 is 0 Å². The van der Waals surface area contributed by atoms with Crippen molar-refractivity contribution in [3.05, 3.63) is 23.3 Å². The van der Waals surface area contributed by atoms with E-state index >= 15 is 0 Å². The van der Waals surface area contributed by atoms with Crippen LogP contribution in [0.15, 0.2) is 23.3 Å².